The average Bonchev–Trinajstić information content (AvgIpc) is 2.86. The summed E-state index contributed by atoms with van der Waals surface area (Å²) in [6, 6.07) is 2.84. The smallest absolute Gasteiger partial charge is 0.349 e. The maximum absolute atomic E-state index is 12.4. The van der Waals surface area contributed by atoms with E-state index in [0.717, 1.165) is 30.7 Å². The Labute approximate surface area is 121 Å². The van der Waals surface area contributed by atoms with Crippen molar-refractivity contribution in [2.75, 3.05) is 39.3 Å². The van der Waals surface area contributed by atoms with Crippen molar-refractivity contribution >= 4 is 5.91 Å². The fraction of sp³-hybridized carbons (Fsp3) is 0.615. The van der Waals surface area contributed by atoms with Crippen LogP contribution in [-0.4, -0.2) is 60.8 Å². The summed E-state index contributed by atoms with van der Waals surface area (Å²) in [7, 11) is 0. The van der Waals surface area contributed by atoms with Gasteiger partial charge in [0.15, 0.2) is 0 Å². The number of alkyl halides is 3. The van der Waals surface area contributed by atoms with Crippen molar-refractivity contribution in [1.82, 2.24) is 20.1 Å². The lowest BCUT2D eigenvalue weighted by Crippen LogP contribution is -2.46. The number of nitrogens with one attached hydrogen (secondary N) is 2. The number of rotatable bonds is 5. The monoisotopic (exact) mass is 304 g/mol. The van der Waals surface area contributed by atoms with E-state index in [1.165, 1.54) is 18.3 Å². The van der Waals surface area contributed by atoms with Crippen LogP contribution in [-0.2, 0) is 6.54 Å². The number of nitrogens with zero attached hydrogens (tertiary/aromatic N) is 2. The molecule has 1 aliphatic rings. The second-order valence-corrected chi connectivity index (χ2v) is 4.98. The Hall–Kier alpha value is -1.54. The highest BCUT2D eigenvalue weighted by Gasteiger charge is 2.29. The molecular weight excluding hydrogens is 285 g/mol. The molecule has 0 bridgehead atoms. The number of hydrogen-bond donors (Lipinski definition) is 2. The molecule has 1 aliphatic heterocycles. The van der Waals surface area contributed by atoms with Crippen LogP contribution in [0.2, 0.25) is 0 Å². The van der Waals surface area contributed by atoms with Crippen molar-refractivity contribution in [3.63, 3.8) is 0 Å². The lowest BCUT2D eigenvalue weighted by atomic mass is 10.3. The predicted molar refractivity (Wildman–Crippen MR) is 72.1 cm³/mol. The molecule has 1 fully saturated rings. The van der Waals surface area contributed by atoms with Crippen molar-refractivity contribution in [1.29, 1.82) is 0 Å². The molecule has 0 radical (unpaired) electrons. The molecule has 118 valence electrons. The molecule has 1 amide bonds. The van der Waals surface area contributed by atoms with Crippen LogP contribution in [0.1, 0.15) is 10.5 Å². The number of hydrogen-bond acceptors (Lipinski definition) is 3. The molecule has 0 atom stereocenters. The van der Waals surface area contributed by atoms with E-state index in [1.54, 1.807) is 0 Å². The van der Waals surface area contributed by atoms with E-state index in [-0.39, 0.29) is 5.69 Å². The largest absolute Gasteiger partial charge is 0.406 e. The van der Waals surface area contributed by atoms with E-state index in [4.69, 9.17) is 0 Å². The normalized spacial score (nSPS) is 16.9. The van der Waals surface area contributed by atoms with Crippen molar-refractivity contribution in [3.05, 3.63) is 24.0 Å². The zero-order chi connectivity index (χ0) is 15.3. The molecule has 5 nitrogen and oxygen atoms in total. The van der Waals surface area contributed by atoms with Gasteiger partial charge in [-0.1, -0.05) is 0 Å². The Morgan fingerprint density at radius 3 is 2.71 bits per heavy atom. The zero-order valence-corrected chi connectivity index (χ0v) is 11.6. The second-order valence-electron chi connectivity index (χ2n) is 4.98. The number of aromatic nitrogens is 1. The van der Waals surface area contributed by atoms with Crippen LogP contribution in [0.15, 0.2) is 18.3 Å². The number of amides is 1. The third-order valence-electron chi connectivity index (χ3n) is 3.34. The van der Waals surface area contributed by atoms with Crippen LogP contribution in [0.3, 0.4) is 0 Å². The Bertz CT molecular complexity index is 466. The SMILES string of the molecule is O=C(NCCN1CCNCC1)c1cccn1CC(F)(F)F. The lowest BCUT2D eigenvalue weighted by molar-refractivity contribution is -0.140. The molecule has 2 heterocycles. The van der Waals surface area contributed by atoms with Gasteiger partial charge < -0.3 is 15.2 Å². The van der Waals surface area contributed by atoms with Crippen LogP contribution in [0.25, 0.3) is 0 Å². The number of carbonyl (C=O) groups is 1. The van der Waals surface area contributed by atoms with Gasteiger partial charge >= 0.3 is 6.18 Å². The highest BCUT2D eigenvalue weighted by molar-refractivity contribution is 5.92. The second kappa shape index (κ2) is 6.95. The third kappa shape index (κ3) is 5.05. The molecule has 1 aromatic heterocycles. The van der Waals surface area contributed by atoms with Gasteiger partial charge in [0.2, 0.25) is 0 Å². The fourth-order valence-corrected chi connectivity index (χ4v) is 2.30. The first kappa shape index (κ1) is 15.8. The zero-order valence-electron chi connectivity index (χ0n) is 11.6. The fourth-order valence-electron chi connectivity index (χ4n) is 2.30. The van der Waals surface area contributed by atoms with E-state index in [1.807, 2.05) is 0 Å². The van der Waals surface area contributed by atoms with Gasteiger partial charge in [0.05, 0.1) is 0 Å². The minimum Gasteiger partial charge on any atom is -0.349 e. The molecule has 0 aliphatic carbocycles. The molecule has 0 aromatic carbocycles. The van der Waals surface area contributed by atoms with Crippen molar-refractivity contribution in [2.24, 2.45) is 0 Å². The average molecular weight is 304 g/mol. The molecule has 0 spiro atoms. The van der Waals surface area contributed by atoms with Gasteiger partial charge in [0.25, 0.3) is 5.91 Å². The first-order valence-electron chi connectivity index (χ1n) is 6.89. The van der Waals surface area contributed by atoms with Crippen molar-refractivity contribution in [2.45, 2.75) is 12.7 Å². The first-order valence-corrected chi connectivity index (χ1v) is 6.89. The number of carbonyl (C=O) groups excluding carboxylic acids is 1. The van der Waals surface area contributed by atoms with Crippen LogP contribution >= 0.6 is 0 Å². The van der Waals surface area contributed by atoms with Gasteiger partial charge in [-0.05, 0) is 12.1 Å². The molecule has 0 saturated carbocycles. The Kier molecular flexibility index (Phi) is 5.24. The van der Waals surface area contributed by atoms with Crippen LogP contribution in [0.4, 0.5) is 13.2 Å². The van der Waals surface area contributed by atoms with Gasteiger partial charge in [0, 0.05) is 45.5 Å². The number of halogens is 3. The third-order valence-corrected chi connectivity index (χ3v) is 3.34. The van der Waals surface area contributed by atoms with Gasteiger partial charge in [0.1, 0.15) is 12.2 Å². The summed E-state index contributed by atoms with van der Waals surface area (Å²) >= 11 is 0. The van der Waals surface area contributed by atoms with E-state index < -0.39 is 18.6 Å². The summed E-state index contributed by atoms with van der Waals surface area (Å²) in [5.74, 6) is -0.473. The summed E-state index contributed by atoms with van der Waals surface area (Å²) in [5, 5.41) is 5.90. The first-order chi connectivity index (χ1) is 9.96. The molecule has 2 rings (SSSR count). The van der Waals surface area contributed by atoms with Gasteiger partial charge in [-0.3, -0.25) is 9.69 Å². The van der Waals surface area contributed by atoms with Crippen molar-refractivity contribution in [3.8, 4) is 0 Å². The standard InChI is InChI=1S/C13H19F3N4O/c14-13(15,16)10-20-6-1-2-11(20)12(21)18-5-9-19-7-3-17-4-8-19/h1-2,6,17H,3-5,7-10H2,(H,18,21). The van der Waals surface area contributed by atoms with Crippen LogP contribution in [0.5, 0.6) is 0 Å². The summed E-state index contributed by atoms with van der Waals surface area (Å²) < 4.78 is 38.1. The minimum absolute atomic E-state index is 0.0348. The van der Waals surface area contributed by atoms with Gasteiger partial charge in [-0.25, -0.2) is 0 Å². The van der Waals surface area contributed by atoms with Crippen LogP contribution in [0, 0.1) is 0 Å². The Morgan fingerprint density at radius 2 is 2.05 bits per heavy atom. The van der Waals surface area contributed by atoms with Gasteiger partial charge in [-0.2, -0.15) is 13.2 Å². The highest BCUT2D eigenvalue weighted by atomic mass is 19.4. The molecule has 0 unspecified atom stereocenters. The number of piperazine rings is 1. The highest BCUT2D eigenvalue weighted by Crippen LogP contribution is 2.18. The summed E-state index contributed by atoms with van der Waals surface area (Å²) in [4.78, 5) is 14.1. The van der Waals surface area contributed by atoms with Crippen molar-refractivity contribution < 1.29 is 18.0 Å². The lowest BCUT2D eigenvalue weighted by Gasteiger charge is -2.27. The Morgan fingerprint density at radius 1 is 1.33 bits per heavy atom. The van der Waals surface area contributed by atoms with Crippen LogP contribution < -0.4 is 10.6 Å². The van der Waals surface area contributed by atoms with E-state index >= 15 is 0 Å². The van der Waals surface area contributed by atoms with E-state index in [2.05, 4.69) is 15.5 Å². The Balaban J connectivity index is 1.81. The molecule has 8 heteroatoms. The predicted octanol–water partition coefficient (Wildman–Crippen LogP) is 0.685. The maximum atomic E-state index is 12.4. The van der Waals surface area contributed by atoms with Gasteiger partial charge in [-0.15, -0.1) is 0 Å². The summed E-state index contributed by atoms with van der Waals surface area (Å²) in [6.45, 7) is 3.65. The molecule has 21 heavy (non-hydrogen) atoms. The molecule has 2 N–H and O–H groups in total. The maximum Gasteiger partial charge on any atom is 0.406 e. The van der Waals surface area contributed by atoms with E-state index in [0.29, 0.717) is 13.1 Å². The quantitative estimate of drug-likeness (QED) is 0.841. The summed E-state index contributed by atoms with van der Waals surface area (Å²) in [6.07, 6.45) is -3.08. The van der Waals surface area contributed by atoms with E-state index in [9.17, 15) is 18.0 Å². The molecule has 1 aromatic rings. The minimum atomic E-state index is -4.34. The summed E-state index contributed by atoms with van der Waals surface area (Å²) in [5.41, 5.74) is 0.0348. The molecule has 1 saturated heterocycles. The topological polar surface area (TPSA) is 49.3 Å². The molecular formula is C13H19F3N4O.